The van der Waals surface area contributed by atoms with Crippen molar-refractivity contribution in [1.29, 1.82) is 0 Å². The number of benzene rings is 2. The fourth-order valence-corrected chi connectivity index (χ4v) is 4.06. The van der Waals surface area contributed by atoms with Gasteiger partial charge >= 0.3 is 12.0 Å². The molecule has 3 rings (SSSR count). The van der Waals surface area contributed by atoms with Crippen LogP contribution in [0.2, 0.25) is 0 Å². The van der Waals surface area contributed by atoms with Crippen LogP contribution < -0.4 is 14.8 Å². The normalized spacial score (nSPS) is 17.3. The molecule has 2 aromatic carbocycles. The fourth-order valence-electron chi connectivity index (χ4n) is 4.06. The maximum absolute atomic E-state index is 13.3. The molecule has 1 aliphatic rings. The molecule has 0 aromatic heterocycles. The second-order valence-electron chi connectivity index (χ2n) is 7.81. The van der Waals surface area contributed by atoms with Crippen LogP contribution in [0.1, 0.15) is 43.0 Å². The van der Waals surface area contributed by atoms with Gasteiger partial charge in [0.1, 0.15) is 6.04 Å². The Morgan fingerprint density at radius 1 is 1.16 bits per heavy atom. The van der Waals surface area contributed by atoms with Crippen molar-refractivity contribution < 1.29 is 24.2 Å². The number of hydrogen-bond acceptors (Lipinski definition) is 4. The van der Waals surface area contributed by atoms with Gasteiger partial charge < -0.3 is 24.8 Å². The number of carboxylic acids is 1. The maximum atomic E-state index is 13.3. The molecule has 1 aliphatic heterocycles. The molecule has 0 bridgehead atoms. The van der Waals surface area contributed by atoms with Crippen molar-refractivity contribution in [3.05, 3.63) is 59.2 Å². The zero-order valence-corrected chi connectivity index (χ0v) is 18.4. The summed E-state index contributed by atoms with van der Waals surface area (Å²) in [4.78, 5) is 26.8. The van der Waals surface area contributed by atoms with Crippen molar-refractivity contribution in [2.24, 2.45) is 5.92 Å². The number of carboxylic acid groups (broad SMARTS) is 1. The molecule has 2 unspecified atom stereocenters. The zero-order chi connectivity index (χ0) is 22.5. The second-order valence-corrected chi connectivity index (χ2v) is 7.81. The fraction of sp³-hybridized carbons (Fsp3) is 0.417. The van der Waals surface area contributed by atoms with Gasteiger partial charge in [0.05, 0.1) is 20.3 Å². The molecule has 31 heavy (non-hydrogen) atoms. The Morgan fingerprint density at radius 2 is 1.81 bits per heavy atom. The van der Waals surface area contributed by atoms with Crippen LogP contribution in [0.15, 0.2) is 42.5 Å². The smallest absolute Gasteiger partial charge is 0.326 e. The molecule has 2 N–H and O–H groups in total. The number of rotatable bonds is 7. The minimum atomic E-state index is -1.03. The highest BCUT2D eigenvalue weighted by Crippen LogP contribution is 2.41. The van der Waals surface area contributed by atoms with Crippen molar-refractivity contribution in [2.75, 3.05) is 20.8 Å². The van der Waals surface area contributed by atoms with Crippen LogP contribution in [-0.4, -0.2) is 48.8 Å². The first-order valence-corrected chi connectivity index (χ1v) is 10.5. The van der Waals surface area contributed by atoms with Gasteiger partial charge in [-0.3, -0.25) is 0 Å². The van der Waals surface area contributed by atoms with E-state index in [0.717, 1.165) is 16.7 Å². The molecule has 0 fully saturated rings. The van der Waals surface area contributed by atoms with E-state index in [1.54, 1.807) is 19.1 Å². The Kier molecular flexibility index (Phi) is 7.05. The number of ether oxygens (including phenoxy) is 2. The highest BCUT2D eigenvalue weighted by atomic mass is 16.5. The van der Waals surface area contributed by atoms with Gasteiger partial charge in [-0.15, -0.1) is 0 Å². The molecule has 3 atom stereocenters. The van der Waals surface area contributed by atoms with E-state index in [0.29, 0.717) is 30.9 Å². The van der Waals surface area contributed by atoms with Gasteiger partial charge in [-0.2, -0.15) is 0 Å². The van der Waals surface area contributed by atoms with E-state index < -0.39 is 12.0 Å². The van der Waals surface area contributed by atoms with Crippen molar-refractivity contribution in [3.63, 3.8) is 0 Å². The number of fused-ring (bicyclic) bond motifs is 1. The van der Waals surface area contributed by atoms with E-state index in [-0.39, 0.29) is 18.0 Å². The number of aliphatic carboxylic acids is 1. The lowest BCUT2D eigenvalue weighted by Gasteiger charge is -2.39. The van der Waals surface area contributed by atoms with E-state index in [1.807, 2.05) is 56.3 Å². The van der Waals surface area contributed by atoms with E-state index in [4.69, 9.17) is 9.47 Å². The Labute approximate surface area is 183 Å². The molecule has 0 aliphatic carbocycles. The van der Waals surface area contributed by atoms with Gasteiger partial charge in [0.15, 0.2) is 11.5 Å². The lowest BCUT2D eigenvalue weighted by Crippen LogP contribution is -2.53. The van der Waals surface area contributed by atoms with Crippen molar-refractivity contribution >= 4 is 12.0 Å². The zero-order valence-electron chi connectivity index (χ0n) is 18.4. The van der Waals surface area contributed by atoms with Gasteiger partial charge in [-0.05, 0) is 41.2 Å². The molecule has 0 radical (unpaired) electrons. The molecule has 0 spiro atoms. The maximum Gasteiger partial charge on any atom is 0.326 e. The highest BCUT2D eigenvalue weighted by molar-refractivity contribution is 5.83. The average molecular weight is 427 g/mol. The monoisotopic (exact) mass is 426 g/mol. The van der Waals surface area contributed by atoms with Crippen LogP contribution in [0.4, 0.5) is 4.79 Å². The largest absolute Gasteiger partial charge is 0.493 e. The standard InChI is InChI=1S/C24H30N2O5/c1-5-15(2)21(23(27)28)25-24(29)26-12-11-17-13-19(30-3)20(31-4)14-18(17)22(26)16-9-7-6-8-10-16/h6-10,13-15,21-22H,5,11-12H2,1-4H3,(H,25,29)(H,27,28)/t15?,21-,22?/m0/s1. The average Bonchev–Trinajstić information content (AvgIpc) is 2.80. The van der Waals surface area contributed by atoms with E-state index in [1.165, 1.54) is 0 Å². The summed E-state index contributed by atoms with van der Waals surface area (Å²) in [5.74, 6) is 0.0296. The third-order valence-corrected chi connectivity index (χ3v) is 6.01. The molecule has 166 valence electrons. The van der Waals surface area contributed by atoms with Crippen molar-refractivity contribution in [3.8, 4) is 11.5 Å². The van der Waals surface area contributed by atoms with Gasteiger partial charge in [0.2, 0.25) is 0 Å². The SMILES string of the molecule is CCC(C)[C@H](NC(=O)N1CCc2cc(OC)c(OC)cc2C1c1ccccc1)C(=O)O. The van der Waals surface area contributed by atoms with Gasteiger partial charge in [-0.1, -0.05) is 50.6 Å². The summed E-state index contributed by atoms with van der Waals surface area (Å²) in [5.41, 5.74) is 2.97. The Morgan fingerprint density at radius 3 is 2.39 bits per heavy atom. The number of nitrogens with zero attached hydrogens (tertiary/aromatic N) is 1. The number of methoxy groups -OCH3 is 2. The van der Waals surface area contributed by atoms with Crippen LogP contribution in [0, 0.1) is 5.92 Å². The molecule has 1 heterocycles. The quantitative estimate of drug-likeness (QED) is 0.702. The van der Waals surface area contributed by atoms with E-state index >= 15 is 0 Å². The Bertz CT molecular complexity index is 931. The summed E-state index contributed by atoms with van der Waals surface area (Å²) in [6, 6.07) is 11.9. The van der Waals surface area contributed by atoms with Crippen LogP contribution in [0.5, 0.6) is 11.5 Å². The summed E-state index contributed by atoms with van der Waals surface area (Å²) < 4.78 is 11.0. The topological polar surface area (TPSA) is 88.1 Å². The minimum Gasteiger partial charge on any atom is -0.493 e. The number of carbonyl (C=O) groups is 2. The lowest BCUT2D eigenvalue weighted by atomic mass is 9.87. The molecular formula is C24H30N2O5. The number of hydrogen-bond donors (Lipinski definition) is 2. The minimum absolute atomic E-state index is 0.182. The van der Waals surface area contributed by atoms with E-state index in [9.17, 15) is 14.7 Å². The molecule has 2 aromatic rings. The van der Waals surface area contributed by atoms with Gasteiger partial charge in [0.25, 0.3) is 0 Å². The number of carbonyl (C=O) groups excluding carboxylic acids is 1. The van der Waals surface area contributed by atoms with Crippen molar-refractivity contribution in [1.82, 2.24) is 10.2 Å². The summed E-state index contributed by atoms with van der Waals surface area (Å²) >= 11 is 0. The summed E-state index contributed by atoms with van der Waals surface area (Å²) in [7, 11) is 3.18. The second kappa shape index (κ2) is 9.73. The van der Waals surface area contributed by atoms with Crippen molar-refractivity contribution in [2.45, 2.75) is 38.8 Å². The summed E-state index contributed by atoms with van der Waals surface area (Å²) in [5, 5.41) is 12.4. The summed E-state index contributed by atoms with van der Waals surface area (Å²) in [6.07, 6.45) is 1.28. The summed E-state index contributed by atoms with van der Waals surface area (Å²) in [6.45, 7) is 4.20. The molecule has 0 saturated heterocycles. The molecule has 7 heteroatoms. The van der Waals surface area contributed by atoms with Crippen LogP contribution in [0.25, 0.3) is 0 Å². The first kappa shape index (κ1) is 22.5. The Balaban J connectivity index is 2.03. The first-order valence-electron chi connectivity index (χ1n) is 10.5. The molecule has 0 saturated carbocycles. The van der Waals surface area contributed by atoms with Gasteiger partial charge in [-0.25, -0.2) is 9.59 Å². The predicted molar refractivity (Wildman–Crippen MR) is 118 cm³/mol. The van der Waals surface area contributed by atoms with Crippen LogP contribution in [-0.2, 0) is 11.2 Å². The number of urea groups is 1. The third-order valence-electron chi connectivity index (χ3n) is 6.01. The van der Waals surface area contributed by atoms with Crippen LogP contribution >= 0.6 is 0 Å². The molecular weight excluding hydrogens is 396 g/mol. The van der Waals surface area contributed by atoms with E-state index in [2.05, 4.69) is 5.32 Å². The lowest BCUT2D eigenvalue weighted by molar-refractivity contribution is -0.140. The van der Waals surface area contributed by atoms with Crippen LogP contribution in [0.3, 0.4) is 0 Å². The third kappa shape index (κ3) is 4.60. The predicted octanol–water partition coefficient (Wildman–Crippen LogP) is 3.86. The number of amides is 2. The van der Waals surface area contributed by atoms with Gasteiger partial charge in [0, 0.05) is 6.54 Å². The highest BCUT2D eigenvalue weighted by Gasteiger charge is 2.35. The number of nitrogens with one attached hydrogen (secondary N) is 1. The molecule has 2 amide bonds. The molecule has 7 nitrogen and oxygen atoms in total. The Hall–Kier alpha value is -3.22. The first-order chi connectivity index (χ1) is 14.9.